The van der Waals surface area contributed by atoms with Gasteiger partial charge in [-0.1, -0.05) is 50.6 Å². The Kier molecular flexibility index (Phi) is 7.41. The Hall–Kier alpha value is -3.06. The summed E-state index contributed by atoms with van der Waals surface area (Å²) in [6, 6.07) is 10.1. The van der Waals surface area contributed by atoms with E-state index in [1.54, 1.807) is 0 Å². The summed E-state index contributed by atoms with van der Waals surface area (Å²) in [4.78, 5) is 17.1. The number of aromatic amines is 1. The first-order chi connectivity index (χ1) is 22.1. The van der Waals surface area contributed by atoms with Crippen molar-refractivity contribution in [2.24, 2.45) is 28.1 Å². The van der Waals surface area contributed by atoms with Gasteiger partial charge in [-0.05, 0) is 116 Å². The second-order valence-corrected chi connectivity index (χ2v) is 17.6. The summed E-state index contributed by atoms with van der Waals surface area (Å²) in [6.07, 6.45) is 10.7. The van der Waals surface area contributed by atoms with Crippen LogP contribution in [0.4, 0.5) is 0 Å². The van der Waals surface area contributed by atoms with Gasteiger partial charge in [0.1, 0.15) is 0 Å². The SMILES string of the molecule is COP(=O)(OC)OC(=O)[C@]1(C)CC[C@]2(C)CC[C@]3(C)C4=CC(c5c[nH]c6ccccc56)c5c(cc(O)c(O)c5C)[C@]4(C)CCC3[C@@H]2C1. The Morgan fingerprint density at radius 1 is 0.979 bits per heavy atom. The lowest BCUT2D eigenvalue weighted by Gasteiger charge is -2.65. The number of rotatable bonds is 5. The number of benzene rings is 2. The molecule has 1 aromatic heterocycles. The highest BCUT2D eigenvalue weighted by Crippen LogP contribution is 2.71. The molecule has 3 saturated carbocycles. The van der Waals surface area contributed by atoms with Crippen molar-refractivity contribution < 1.29 is 33.1 Å². The summed E-state index contributed by atoms with van der Waals surface area (Å²) in [7, 11) is -1.51. The second-order valence-electron chi connectivity index (χ2n) is 15.8. The van der Waals surface area contributed by atoms with E-state index < -0.39 is 19.2 Å². The Bertz CT molecular complexity index is 1860. The first-order valence-electron chi connectivity index (χ1n) is 16.9. The van der Waals surface area contributed by atoms with Crippen LogP contribution in [0, 0.1) is 35.0 Å². The van der Waals surface area contributed by atoms with E-state index in [4.69, 9.17) is 13.6 Å². The summed E-state index contributed by atoms with van der Waals surface area (Å²) in [6.45, 7) is 11.0. The summed E-state index contributed by atoms with van der Waals surface area (Å²) in [5, 5.41) is 23.2. The number of hydrogen-bond donors (Lipinski definition) is 3. The molecule has 9 heteroatoms. The summed E-state index contributed by atoms with van der Waals surface area (Å²) in [5.41, 5.74) is 5.30. The minimum atomic E-state index is -3.96. The van der Waals surface area contributed by atoms with Crippen LogP contribution in [0.2, 0.25) is 0 Å². The monoisotopic (exact) mass is 661 g/mol. The van der Waals surface area contributed by atoms with Crippen LogP contribution in [0.1, 0.15) is 101 Å². The zero-order valence-corrected chi connectivity index (χ0v) is 29.5. The van der Waals surface area contributed by atoms with Gasteiger partial charge in [-0.15, -0.1) is 0 Å². The Morgan fingerprint density at radius 3 is 2.40 bits per heavy atom. The molecule has 8 nitrogen and oxygen atoms in total. The first kappa shape index (κ1) is 32.5. The highest BCUT2D eigenvalue weighted by Gasteiger charge is 2.63. The average molecular weight is 662 g/mol. The van der Waals surface area contributed by atoms with Crippen LogP contribution in [0.3, 0.4) is 0 Å². The van der Waals surface area contributed by atoms with Crippen LogP contribution in [-0.2, 0) is 28.3 Å². The Labute approximate surface area is 277 Å². The molecular weight excluding hydrogens is 613 g/mol. The Balaban J connectivity index is 1.34. The molecule has 252 valence electrons. The van der Waals surface area contributed by atoms with Gasteiger partial charge in [-0.25, -0.2) is 4.57 Å². The van der Waals surface area contributed by atoms with Crippen LogP contribution in [-0.4, -0.2) is 35.4 Å². The van der Waals surface area contributed by atoms with Crippen LogP contribution in [0.15, 0.2) is 48.2 Å². The minimum absolute atomic E-state index is 0.0535. The van der Waals surface area contributed by atoms with Gasteiger partial charge >= 0.3 is 13.8 Å². The largest absolute Gasteiger partial charge is 0.531 e. The Morgan fingerprint density at radius 2 is 1.68 bits per heavy atom. The van der Waals surface area contributed by atoms with Gasteiger partial charge in [0.25, 0.3) is 0 Å². The molecule has 1 heterocycles. The lowest BCUT2D eigenvalue weighted by molar-refractivity contribution is -0.159. The van der Waals surface area contributed by atoms with E-state index >= 15 is 0 Å². The zero-order valence-electron chi connectivity index (χ0n) is 28.6. The topological polar surface area (TPSA) is 118 Å². The van der Waals surface area contributed by atoms with Gasteiger partial charge in [-0.3, -0.25) is 13.8 Å². The standard InChI is InChI=1S/C38H48NO7P/c1-22-32-24(25-21-39-29-11-9-8-10-23(25)29)18-31-37(4,27(32)19-30(40)33(22)41)13-12-26-28-20-36(3,34(42)46-47(43,44-6)45-7)15-14-35(28,2)16-17-38(26,31)5/h8-11,18-19,21,24,26,28,39-41H,12-17,20H2,1-7H3/t24?,26?,28-,35+,36+,37-,38-/m0/s1. The maximum Gasteiger partial charge on any atom is 0.531 e. The number of aromatic nitrogens is 1. The summed E-state index contributed by atoms with van der Waals surface area (Å²) < 4.78 is 28.2. The number of carbonyl (C=O) groups excluding carboxylic acids is 1. The molecule has 47 heavy (non-hydrogen) atoms. The second kappa shape index (κ2) is 10.7. The zero-order chi connectivity index (χ0) is 33.7. The molecular formula is C38H48NO7P. The summed E-state index contributed by atoms with van der Waals surface area (Å²) >= 11 is 0. The molecule has 0 saturated heterocycles. The van der Waals surface area contributed by atoms with Gasteiger partial charge in [-0.2, -0.15) is 0 Å². The van der Waals surface area contributed by atoms with Crippen molar-refractivity contribution in [3.63, 3.8) is 0 Å². The number of fused-ring (bicyclic) bond motifs is 8. The quantitative estimate of drug-likeness (QED) is 0.142. The third-order valence-corrected chi connectivity index (χ3v) is 14.7. The number of nitrogens with one attached hydrogen (secondary N) is 1. The number of H-pyrrole nitrogens is 1. The molecule has 2 unspecified atom stereocenters. The molecule has 3 N–H and O–H groups in total. The van der Waals surface area contributed by atoms with E-state index in [9.17, 15) is 19.6 Å². The molecule has 7 rings (SSSR count). The highest BCUT2D eigenvalue weighted by molar-refractivity contribution is 7.49. The van der Waals surface area contributed by atoms with E-state index in [-0.39, 0.29) is 39.6 Å². The first-order valence-corrected chi connectivity index (χ1v) is 18.4. The molecule has 7 atom stereocenters. The van der Waals surface area contributed by atoms with Gasteiger partial charge < -0.3 is 19.7 Å². The van der Waals surface area contributed by atoms with Crippen molar-refractivity contribution in [3.8, 4) is 11.5 Å². The predicted molar refractivity (Wildman–Crippen MR) is 181 cm³/mol. The molecule has 3 aromatic rings. The minimum Gasteiger partial charge on any atom is -0.504 e. The van der Waals surface area contributed by atoms with Gasteiger partial charge in [0.05, 0.1) is 5.41 Å². The van der Waals surface area contributed by atoms with E-state index in [1.807, 2.05) is 26.0 Å². The van der Waals surface area contributed by atoms with Crippen LogP contribution >= 0.6 is 7.82 Å². The third-order valence-electron chi connectivity index (χ3n) is 13.4. The summed E-state index contributed by atoms with van der Waals surface area (Å²) in [5.74, 6) is -0.177. The van der Waals surface area contributed by atoms with Crippen molar-refractivity contribution in [3.05, 3.63) is 70.4 Å². The molecule has 2 aromatic carbocycles. The smallest absolute Gasteiger partial charge is 0.504 e. The van der Waals surface area contributed by atoms with Crippen molar-refractivity contribution in [2.45, 2.75) is 90.9 Å². The number of para-hydroxylation sites is 1. The fraction of sp³-hybridized carbons (Fsp3) is 0.553. The van der Waals surface area contributed by atoms with E-state index in [1.165, 1.54) is 19.8 Å². The number of phenols is 2. The van der Waals surface area contributed by atoms with Crippen LogP contribution in [0.5, 0.6) is 11.5 Å². The van der Waals surface area contributed by atoms with Crippen molar-refractivity contribution in [2.75, 3.05) is 14.2 Å². The molecule has 0 radical (unpaired) electrons. The maximum absolute atomic E-state index is 13.6. The number of phosphoric acid groups is 1. The highest BCUT2D eigenvalue weighted by atomic mass is 31.2. The number of phosphoric ester groups is 1. The average Bonchev–Trinajstić information content (AvgIpc) is 3.48. The van der Waals surface area contributed by atoms with E-state index in [2.05, 4.69) is 56.2 Å². The van der Waals surface area contributed by atoms with Crippen molar-refractivity contribution in [1.82, 2.24) is 4.98 Å². The van der Waals surface area contributed by atoms with Crippen molar-refractivity contribution >= 4 is 24.7 Å². The predicted octanol–water partition coefficient (Wildman–Crippen LogP) is 9.18. The molecule has 4 aliphatic carbocycles. The molecule has 0 bridgehead atoms. The van der Waals surface area contributed by atoms with E-state index in [0.29, 0.717) is 18.8 Å². The number of allylic oxidation sites excluding steroid dienone is 2. The molecule has 0 aliphatic heterocycles. The van der Waals surface area contributed by atoms with Gasteiger partial charge in [0.2, 0.25) is 0 Å². The van der Waals surface area contributed by atoms with Crippen LogP contribution in [0.25, 0.3) is 10.9 Å². The third kappa shape index (κ3) is 4.61. The van der Waals surface area contributed by atoms with Crippen LogP contribution < -0.4 is 0 Å². The lowest BCUT2D eigenvalue weighted by atomic mass is 9.39. The fourth-order valence-electron chi connectivity index (χ4n) is 10.5. The molecule has 4 aliphatic rings. The van der Waals surface area contributed by atoms with Gasteiger partial charge in [0, 0.05) is 42.7 Å². The van der Waals surface area contributed by atoms with Crippen molar-refractivity contribution in [1.29, 1.82) is 0 Å². The molecule has 3 fully saturated rings. The normalized spacial score (nSPS) is 34.9. The molecule has 0 amide bonds. The number of aromatic hydroxyl groups is 2. The number of carbonyl (C=O) groups is 1. The van der Waals surface area contributed by atoms with Gasteiger partial charge in [0.15, 0.2) is 11.5 Å². The van der Waals surface area contributed by atoms with E-state index in [0.717, 1.165) is 65.3 Å². The number of phenolic OH excluding ortho intramolecular Hbond substituents is 2. The molecule has 0 spiro atoms. The lowest BCUT2D eigenvalue weighted by Crippen LogP contribution is -2.57. The fourth-order valence-corrected chi connectivity index (χ4v) is 11.2. The maximum atomic E-state index is 13.6. The number of hydrogen-bond acceptors (Lipinski definition) is 7.